The molecule has 0 spiro atoms. The van der Waals surface area contributed by atoms with Gasteiger partial charge < -0.3 is 4.42 Å². The first kappa shape index (κ1) is 13.3. The third kappa shape index (κ3) is 2.62. The number of hydrogen-bond donors (Lipinski definition) is 0. The molecule has 0 bridgehead atoms. The van der Waals surface area contributed by atoms with E-state index >= 15 is 0 Å². The summed E-state index contributed by atoms with van der Waals surface area (Å²) in [5.74, 6) is 0.0750. The molecule has 0 atom stereocenters. The Morgan fingerprint density at radius 2 is 2.35 bits per heavy atom. The molecule has 0 aliphatic rings. The van der Waals surface area contributed by atoms with Crippen LogP contribution in [0.1, 0.15) is 17.1 Å². The summed E-state index contributed by atoms with van der Waals surface area (Å²) >= 11 is 7.32. The number of oxazole rings is 1. The van der Waals surface area contributed by atoms with Gasteiger partial charge in [-0.3, -0.25) is 4.57 Å². The molecule has 0 saturated heterocycles. The minimum atomic E-state index is -0.362. The number of aryl methyl sites for hydroxylation is 2. The highest BCUT2D eigenvalue weighted by Gasteiger charge is 2.09. The van der Waals surface area contributed by atoms with Crippen LogP contribution in [0.4, 0.5) is 0 Å². The zero-order valence-electron chi connectivity index (χ0n) is 10.6. The van der Waals surface area contributed by atoms with Crippen molar-refractivity contribution in [3.63, 3.8) is 0 Å². The van der Waals surface area contributed by atoms with E-state index in [1.165, 1.54) is 0 Å². The number of halogens is 1. The number of hydrogen-bond acceptors (Lipinski definition) is 5. The highest BCUT2D eigenvalue weighted by atomic mass is 35.5. The van der Waals surface area contributed by atoms with Crippen LogP contribution in [-0.4, -0.2) is 14.5 Å². The summed E-state index contributed by atoms with van der Waals surface area (Å²) < 4.78 is 6.70. The zero-order valence-corrected chi connectivity index (χ0v) is 12.2. The molecule has 0 aliphatic heterocycles. The predicted molar refractivity (Wildman–Crippen MR) is 78.3 cm³/mol. The Balaban J connectivity index is 1.71. The standard InChI is InChI=1S/C13H12ClN3O2S/c14-7-9-8-20-11(16-9)4-2-6-17-12-10(19-13(17)18)3-1-5-15-12/h1,3,5,8H,2,4,6-7H2. The van der Waals surface area contributed by atoms with E-state index in [9.17, 15) is 4.79 Å². The largest absolute Gasteiger partial charge is 0.421 e. The number of nitrogens with zero attached hydrogens (tertiary/aromatic N) is 3. The van der Waals surface area contributed by atoms with Gasteiger partial charge >= 0.3 is 5.76 Å². The van der Waals surface area contributed by atoms with Gasteiger partial charge in [0, 0.05) is 24.5 Å². The molecule has 20 heavy (non-hydrogen) atoms. The van der Waals surface area contributed by atoms with E-state index < -0.39 is 0 Å². The molecule has 0 fully saturated rings. The topological polar surface area (TPSA) is 60.9 Å². The van der Waals surface area contributed by atoms with E-state index in [1.807, 2.05) is 5.38 Å². The predicted octanol–water partition coefficient (Wildman–Crippen LogP) is 2.82. The van der Waals surface area contributed by atoms with Gasteiger partial charge in [-0.15, -0.1) is 22.9 Å². The Hall–Kier alpha value is -1.66. The van der Waals surface area contributed by atoms with Crippen LogP contribution in [-0.2, 0) is 18.8 Å². The van der Waals surface area contributed by atoms with Gasteiger partial charge in [0.1, 0.15) is 0 Å². The van der Waals surface area contributed by atoms with Gasteiger partial charge in [0.2, 0.25) is 0 Å². The Kier molecular flexibility index (Phi) is 3.84. The maximum atomic E-state index is 11.8. The lowest BCUT2D eigenvalue weighted by Gasteiger charge is -1.99. The minimum absolute atomic E-state index is 0.362. The van der Waals surface area contributed by atoms with Crippen LogP contribution in [0.3, 0.4) is 0 Å². The summed E-state index contributed by atoms with van der Waals surface area (Å²) in [5, 5.41) is 3.00. The monoisotopic (exact) mass is 309 g/mol. The lowest BCUT2D eigenvalue weighted by atomic mass is 10.3. The molecule has 3 aromatic heterocycles. The molecule has 3 rings (SSSR count). The van der Waals surface area contributed by atoms with Gasteiger partial charge in [-0.1, -0.05) is 0 Å². The number of thiazole rings is 1. The Labute approximate surface area is 123 Å². The van der Waals surface area contributed by atoms with Crippen molar-refractivity contribution in [1.29, 1.82) is 0 Å². The van der Waals surface area contributed by atoms with Crippen molar-refractivity contribution in [3.05, 3.63) is 45.0 Å². The third-order valence-electron chi connectivity index (χ3n) is 2.93. The molecule has 0 radical (unpaired) electrons. The fourth-order valence-corrected chi connectivity index (χ4v) is 3.08. The average molecular weight is 310 g/mol. The normalized spacial score (nSPS) is 11.2. The van der Waals surface area contributed by atoms with Crippen molar-refractivity contribution in [2.75, 3.05) is 0 Å². The van der Waals surface area contributed by atoms with Gasteiger partial charge in [0.05, 0.1) is 16.6 Å². The molecule has 0 N–H and O–H groups in total. The van der Waals surface area contributed by atoms with E-state index in [2.05, 4.69) is 9.97 Å². The second-order valence-electron chi connectivity index (χ2n) is 4.31. The second-order valence-corrected chi connectivity index (χ2v) is 5.52. The van der Waals surface area contributed by atoms with Crippen LogP contribution in [0.15, 0.2) is 32.9 Å². The van der Waals surface area contributed by atoms with Gasteiger partial charge in [-0.05, 0) is 18.6 Å². The van der Waals surface area contributed by atoms with Gasteiger partial charge in [0.25, 0.3) is 0 Å². The molecule has 0 unspecified atom stereocenters. The molecule has 0 amide bonds. The molecule has 0 aliphatic carbocycles. The van der Waals surface area contributed by atoms with Crippen LogP contribution in [0.25, 0.3) is 11.2 Å². The molecule has 0 aromatic carbocycles. The Bertz CT molecular complexity index is 777. The summed E-state index contributed by atoms with van der Waals surface area (Å²) in [6.45, 7) is 0.568. The van der Waals surface area contributed by atoms with Crippen molar-refractivity contribution in [3.8, 4) is 0 Å². The molecule has 104 valence electrons. The first-order valence-corrected chi connectivity index (χ1v) is 7.63. The molecule has 3 heterocycles. The zero-order chi connectivity index (χ0) is 13.9. The van der Waals surface area contributed by atoms with Crippen LogP contribution in [0.5, 0.6) is 0 Å². The molecular formula is C13H12ClN3O2S. The van der Waals surface area contributed by atoms with E-state index in [0.717, 1.165) is 23.5 Å². The molecule has 3 aromatic rings. The van der Waals surface area contributed by atoms with Crippen molar-refractivity contribution in [2.45, 2.75) is 25.3 Å². The summed E-state index contributed by atoms with van der Waals surface area (Å²) in [5.41, 5.74) is 2.02. The van der Waals surface area contributed by atoms with Crippen LogP contribution in [0, 0.1) is 0 Å². The molecule has 7 heteroatoms. The summed E-state index contributed by atoms with van der Waals surface area (Å²) in [6, 6.07) is 3.49. The number of pyridine rings is 1. The van der Waals surface area contributed by atoms with Crippen LogP contribution in [0.2, 0.25) is 0 Å². The highest BCUT2D eigenvalue weighted by Crippen LogP contribution is 2.14. The van der Waals surface area contributed by atoms with Gasteiger partial charge in [-0.2, -0.15) is 0 Å². The second kappa shape index (κ2) is 5.76. The van der Waals surface area contributed by atoms with Crippen molar-refractivity contribution in [1.82, 2.24) is 14.5 Å². The SMILES string of the molecule is O=c1oc2cccnc2n1CCCc1nc(CCl)cs1. The maximum Gasteiger partial charge on any atom is 0.421 e. The average Bonchev–Trinajstić information content (AvgIpc) is 3.04. The number of alkyl halides is 1. The first-order valence-electron chi connectivity index (χ1n) is 6.21. The third-order valence-corrected chi connectivity index (χ3v) is 4.16. The fourth-order valence-electron chi connectivity index (χ4n) is 2.01. The Morgan fingerprint density at radius 1 is 1.45 bits per heavy atom. The van der Waals surface area contributed by atoms with E-state index in [0.29, 0.717) is 23.7 Å². The van der Waals surface area contributed by atoms with Crippen molar-refractivity contribution >= 4 is 34.2 Å². The molecule has 0 saturated carbocycles. The van der Waals surface area contributed by atoms with Gasteiger partial charge in [-0.25, -0.2) is 14.8 Å². The van der Waals surface area contributed by atoms with Crippen molar-refractivity contribution in [2.24, 2.45) is 0 Å². The number of aromatic nitrogens is 3. The summed E-state index contributed by atoms with van der Waals surface area (Å²) in [4.78, 5) is 20.3. The smallest absolute Gasteiger partial charge is 0.406 e. The van der Waals surface area contributed by atoms with Crippen LogP contribution < -0.4 is 5.76 Å². The fraction of sp³-hybridized carbons (Fsp3) is 0.308. The van der Waals surface area contributed by atoms with Crippen LogP contribution >= 0.6 is 22.9 Å². The van der Waals surface area contributed by atoms with Crippen molar-refractivity contribution < 1.29 is 4.42 Å². The Morgan fingerprint density at radius 3 is 3.15 bits per heavy atom. The van der Waals surface area contributed by atoms with E-state index in [4.69, 9.17) is 16.0 Å². The highest BCUT2D eigenvalue weighted by molar-refractivity contribution is 7.09. The quantitative estimate of drug-likeness (QED) is 0.680. The maximum absolute atomic E-state index is 11.8. The lowest BCUT2D eigenvalue weighted by Crippen LogP contribution is -2.15. The summed E-state index contributed by atoms with van der Waals surface area (Å²) in [7, 11) is 0. The molecular weight excluding hydrogens is 298 g/mol. The lowest BCUT2D eigenvalue weighted by molar-refractivity contribution is 0.497. The summed E-state index contributed by atoms with van der Waals surface area (Å²) in [6.07, 6.45) is 3.27. The first-order chi connectivity index (χ1) is 9.78. The van der Waals surface area contributed by atoms with E-state index in [1.54, 1.807) is 34.2 Å². The number of fused-ring (bicyclic) bond motifs is 1. The number of rotatable bonds is 5. The van der Waals surface area contributed by atoms with E-state index in [-0.39, 0.29) is 5.76 Å². The van der Waals surface area contributed by atoms with Gasteiger partial charge in [0.15, 0.2) is 11.2 Å². The minimum Gasteiger partial charge on any atom is -0.406 e. The molecule has 5 nitrogen and oxygen atoms in total.